The van der Waals surface area contributed by atoms with Gasteiger partial charge in [-0.05, 0) is 76.0 Å². The van der Waals surface area contributed by atoms with E-state index in [1.54, 1.807) is 25.1 Å². The van der Waals surface area contributed by atoms with Crippen LogP contribution in [0.4, 0.5) is 4.79 Å². The summed E-state index contributed by atoms with van der Waals surface area (Å²) in [6, 6.07) is 4.95. The maximum Gasteiger partial charge on any atom is 0.435 e. The van der Waals surface area contributed by atoms with Crippen LogP contribution in [0.3, 0.4) is 0 Å². The number of carbonyl (C=O) groups is 1. The number of aryl methyl sites for hydroxylation is 1. The zero-order valence-electron chi connectivity index (χ0n) is 12.8. The van der Waals surface area contributed by atoms with Gasteiger partial charge in [0.25, 0.3) is 0 Å². The summed E-state index contributed by atoms with van der Waals surface area (Å²) in [4.78, 5) is 13.4. The molecule has 4 nitrogen and oxygen atoms in total. The van der Waals surface area contributed by atoms with E-state index in [2.05, 4.69) is 51.3 Å². The van der Waals surface area contributed by atoms with Crippen molar-refractivity contribution in [2.75, 3.05) is 19.6 Å². The number of halogens is 1. The Hall–Kier alpha value is -0.560. The fraction of sp³-hybridized carbons (Fsp3) is 0.500. The molecule has 120 valence electrons. The van der Waals surface area contributed by atoms with Crippen LogP contribution in [0.2, 0.25) is 5.02 Å². The van der Waals surface area contributed by atoms with E-state index < -0.39 is 6.09 Å². The fourth-order valence-electron chi connectivity index (χ4n) is 1.53. The highest BCUT2D eigenvalue weighted by Crippen LogP contribution is 2.22. The van der Waals surface area contributed by atoms with Crippen molar-refractivity contribution in [1.29, 1.82) is 0 Å². The number of amides is 1. The average Bonchev–Trinajstić information content (AvgIpc) is 2.44. The first-order chi connectivity index (χ1) is 9.85. The van der Waals surface area contributed by atoms with E-state index >= 15 is 0 Å². The summed E-state index contributed by atoms with van der Waals surface area (Å²) >= 11 is 13.1. The number of rotatable bonds is 4. The van der Waals surface area contributed by atoms with Crippen LogP contribution in [-0.4, -0.2) is 34.3 Å². The minimum Gasteiger partial charge on any atom is -0.409 e. The van der Waals surface area contributed by atoms with Crippen LogP contribution in [-0.2, 0) is 0 Å². The monoisotopic (exact) mass is 350 g/mol. The third kappa shape index (κ3) is 8.46. The van der Waals surface area contributed by atoms with Gasteiger partial charge in [0, 0.05) is 5.02 Å². The van der Waals surface area contributed by atoms with Crippen molar-refractivity contribution < 1.29 is 9.53 Å². The molecule has 0 aromatic heterocycles. The zero-order chi connectivity index (χ0) is 16.4. The molecule has 0 spiro atoms. The van der Waals surface area contributed by atoms with Gasteiger partial charge in [0.15, 0.2) is 0 Å². The van der Waals surface area contributed by atoms with Gasteiger partial charge >= 0.3 is 6.09 Å². The highest BCUT2D eigenvalue weighted by molar-refractivity contribution is 7.94. The Morgan fingerprint density at radius 2 is 1.71 bits per heavy atom. The molecular weight excluding hydrogens is 328 g/mol. The van der Waals surface area contributed by atoms with Crippen LogP contribution in [0.15, 0.2) is 18.2 Å². The molecule has 1 aromatic rings. The molecule has 0 saturated heterocycles. The molecule has 0 atom stereocenters. The fourth-order valence-corrected chi connectivity index (χ4v) is 1.84. The SMILES string of the molecule is CCN(CC)CC.Cc1cc(Cl)ccc1OC(=O)N(S)S. The number of nitrogens with zero attached hydrogens (tertiary/aromatic N) is 2. The van der Waals surface area contributed by atoms with Crippen molar-refractivity contribution in [3.05, 3.63) is 28.8 Å². The molecule has 21 heavy (non-hydrogen) atoms. The summed E-state index contributed by atoms with van der Waals surface area (Å²) in [6.07, 6.45) is -0.665. The lowest BCUT2D eigenvalue weighted by atomic mass is 10.2. The molecule has 0 aliphatic heterocycles. The Bertz CT molecular complexity index is 435. The van der Waals surface area contributed by atoms with Crippen LogP contribution in [0.5, 0.6) is 5.75 Å². The lowest BCUT2D eigenvalue weighted by molar-refractivity contribution is 0.197. The second-order valence-electron chi connectivity index (χ2n) is 4.19. The second-order valence-corrected chi connectivity index (χ2v) is 5.74. The molecule has 0 aliphatic rings. The topological polar surface area (TPSA) is 32.8 Å². The van der Waals surface area contributed by atoms with Crippen LogP contribution in [0.1, 0.15) is 26.3 Å². The molecule has 1 amide bonds. The lowest BCUT2D eigenvalue weighted by Gasteiger charge is -2.13. The number of carbonyl (C=O) groups excluding carboxylic acids is 1. The summed E-state index contributed by atoms with van der Waals surface area (Å²) < 4.78 is 5.70. The third-order valence-electron chi connectivity index (χ3n) is 2.84. The summed E-state index contributed by atoms with van der Waals surface area (Å²) in [6.45, 7) is 11.9. The van der Waals surface area contributed by atoms with Crippen LogP contribution >= 0.6 is 37.2 Å². The summed E-state index contributed by atoms with van der Waals surface area (Å²) in [5.41, 5.74) is 0.773. The van der Waals surface area contributed by atoms with Gasteiger partial charge in [0.2, 0.25) is 0 Å². The molecule has 0 radical (unpaired) electrons. The van der Waals surface area contributed by atoms with Gasteiger partial charge in [-0.1, -0.05) is 32.4 Å². The van der Waals surface area contributed by atoms with Gasteiger partial charge in [0.05, 0.1) is 0 Å². The number of benzene rings is 1. The smallest absolute Gasteiger partial charge is 0.409 e. The summed E-state index contributed by atoms with van der Waals surface area (Å²) in [5, 5.41) is 0.593. The largest absolute Gasteiger partial charge is 0.435 e. The summed E-state index contributed by atoms with van der Waals surface area (Å²) in [5.74, 6) is 0.438. The van der Waals surface area contributed by atoms with Crippen molar-refractivity contribution in [2.45, 2.75) is 27.7 Å². The Morgan fingerprint density at radius 1 is 1.19 bits per heavy atom. The van der Waals surface area contributed by atoms with E-state index in [0.29, 0.717) is 10.8 Å². The first kappa shape index (κ1) is 20.4. The van der Waals surface area contributed by atoms with E-state index in [-0.39, 0.29) is 0 Å². The Balaban J connectivity index is 0.000000486. The van der Waals surface area contributed by atoms with Gasteiger partial charge in [-0.15, -0.1) is 0 Å². The van der Waals surface area contributed by atoms with Crippen molar-refractivity contribution in [3.63, 3.8) is 0 Å². The predicted molar refractivity (Wildman–Crippen MR) is 95.5 cm³/mol. The van der Waals surface area contributed by atoms with Gasteiger partial charge in [-0.25, -0.2) is 4.79 Å². The van der Waals surface area contributed by atoms with Crippen LogP contribution < -0.4 is 4.74 Å². The lowest BCUT2D eigenvalue weighted by Crippen LogP contribution is -2.21. The van der Waals surface area contributed by atoms with Crippen molar-refractivity contribution in [3.8, 4) is 5.75 Å². The quantitative estimate of drug-likeness (QED) is 0.785. The highest BCUT2D eigenvalue weighted by atomic mass is 35.5. The van der Waals surface area contributed by atoms with Crippen LogP contribution in [0, 0.1) is 6.92 Å². The predicted octanol–water partition coefficient (Wildman–Crippen LogP) is 4.49. The third-order valence-corrected chi connectivity index (χ3v) is 3.40. The van der Waals surface area contributed by atoms with E-state index in [9.17, 15) is 4.79 Å². The van der Waals surface area contributed by atoms with Gasteiger partial charge in [-0.3, -0.25) is 0 Å². The Morgan fingerprint density at radius 3 is 2.05 bits per heavy atom. The molecule has 0 N–H and O–H groups in total. The van der Waals surface area contributed by atoms with Gasteiger partial charge in [0.1, 0.15) is 5.75 Å². The Kier molecular flexibility index (Phi) is 10.8. The number of thiol groups is 2. The first-order valence-electron chi connectivity index (χ1n) is 6.73. The van der Waals surface area contributed by atoms with E-state index in [4.69, 9.17) is 16.3 Å². The molecule has 7 heteroatoms. The molecule has 0 bridgehead atoms. The Labute approximate surface area is 143 Å². The van der Waals surface area contributed by atoms with Gasteiger partial charge in [-0.2, -0.15) is 3.71 Å². The van der Waals surface area contributed by atoms with E-state index in [1.165, 1.54) is 19.6 Å². The van der Waals surface area contributed by atoms with Crippen molar-refractivity contribution in [2.24, 2.45) is 0 Å². The molecule has 0 saturated carbocycles. The molecule has 0 heterocycles. The highest BCUT2D eigenvalue weighted by Gasteiger charge is 2.10. The number of hydrogen-bond donors (Lipinski definition) is 2. The first-order valence-corrected chi connectivity index (χ1v) is 7.91. The molecule has 0 unspecified atom stereocenters. The maximum atomic E-state index is 11.1. The molecule has 1 rings (SSSR count). The molecular formula is C14H23ClN2O2S2. The average molecular weight is 351 g/mol. The normalized spacial score (nSPS) is 9.90. The molecule has 1 aromatic carbocycles. The van der Waals surface area contributed by atoms with E-state index in [1.807, 2.05) is 0 Å². The second kappa shape index (κ2) is 11.1. The van der Waals surface area contributed by atoms with Crippen LogP contribution in [0.25, 0.3) is 0 Å². The number of ether oxygens (including phenoxy) is 1. The van der Waals surface area contributed by atoms with Crippen molar-refractivity contribution in [1.82, 2.24) is 8.61 Å². The standard InChI is InChI=1S/C8H8ClNO2S2.C6H15N/c1-5-4-6(9)2-3-7(5)12-8(11)10(13)14;1-4-7(5-2)6-3/h2-4,13-14H,1H3;4-6H2,1-3H3. The minimum atomic E-state index is -0.665. The number of hydrogen-bond acceptors (Lipinski definition) is 5. The maximum absolute atomic E-state index is 11.1. The zero-order valence-corrected chi connectivity index (χ0v) is 15.4. The van der Waals surface area contributed by atoms with Gasteiger partial charge < -0.3 is 9.64 Å². The van der Waals surface area contributed by atoms with Crippen molar-refractivity contribution >= 4 is 43.3 Å². The summed E-state index contributed by atoms with van der Waals surface area (Å²) in [7, 11) is 0. The molecule has 0 fully saturated rings. The minimum absolute atomic E-state index is 0.438. The van der Waals surface area contributed by atoms with E-state index in [0.717, 1.165) is 9.27 Å². The molecule has 0 aliphatic carbocycles.